The fourth-order valence-corrected chi connectivity index (χ4v) is 2.03. The van der Waals surface area contributed by atoms with Gasteiger partial charge in [0.1, 0.15) is 5.78 Å². The Balaban J connectivity index is 2.28. The van der Waals surface area contributed by atoms with Gasteiger partial charge in [0.2, 0.25) is 0 Å². The van der Waals surface area contributed by atoms with E-state index in [4.69, 9.17) is 0 Å². The highest BCUT2D eigenvalue weighted by Crippen LogP contribution is 2.22. The van der Waals surface area contributed by atoms with E-state index in [0.717, 1.165) is 18.7 Å². The summed E-state index contributed by atoms with van der Waals surface area (Å²) in [5.41, 5.74) is 3.72. The summed E-state index contributed by atoms with van der Waals surface area (Å²) in [6.45, 7) is 5.82. The molecule has 0 spiro atoms. The Kier molecular flexibility index (Phi) is 2.87. The van der Waals surface area contributed by atoms with Crippen molar-refractivity contribution in [2.75, 3.05) is 13.1 Å². The average Bonchev–Trinajstić information content (AvgIpc) is 2.23. The molecule has 2 nitrogen and oxygen atoms in total. The van der Waals surface area contributed by atoms with Crippen molar-refractivity contribution in [2.45, 2.75) is 26.2 Å². The van der Waals surface area contributed by atoms with Crippen LogP contribution in [0.4, 0.5) is 0 Å². The molecule has 1 heterocycles. The minimum atomic E-state index is 0.0676. The zero-order valence-electron chi connectivity index (χ0n) is 9.34. The van der Waals surface area contributed by atoms with E-state index in [9.17, 15) is 4.79 Å². The van der Waals surface area contributed by atoms with Crippen LogP contribution in [0.1, 0.15) is 29.0 Å². The first kappa shape index (κ1) is 10.4. The van der Waals surface area contributed by atoms with Crippen molar-refractivity contribution in [1.29, 1.82) is 0 Å². The molecule has 1 N–H and O–H groups in total. The zero-order chi connectivity index (χ0) is 10.8. The Hall–Kier alpha value is -1.15. The van der Waals surface area contributed by atoms with Crippen molar-refractivity contribution >= 4 is 5.78 Å². The monoisotopic (exact) mass is 203 g/mol. The second-order valence-electron chi connectivity index (χ2n) is 4.32. The smallest absolute Gasteiger partial charge is 0.142 e. The number of aryl methyl sites for hydroxylation is 2. The van der Waals surface area contributed by atoms with E-state index < -0.39 is 0 Å². The fourth-order valence-electron chi connectivity index (χ4n) is 2.03. The minimum absolute atomic E-state index is 0.0676. The van der Waals surface area contributed by atoms with Gasteiger partial charge in [-0.15, -0.1) is 0 Å². The molecule has 0 bridgehead atoms. The maximum absolute atomic E-state index is 11.8. The van der Waals surface area contributed by atoms with Crippen LogP contribution in [0, 0.1) is 13.8 Å². The van der Waals surface area contributed by atoms with Crippen LogP contribution < -0.4 is 5.32 Å². The molecule has 1 aliphatic heterocycles. The summed E-state index contributed by atoms with van der Waals surface area (Å²) >= 11 is 0. The fraction of sp³-hybridized carbons (Fsp3) is 0.462. The van der Waals surface area contributed by atoms with Gasteiger partial charge >= 0.3 is 0 Å². The van der Waals surface area contributed by atoms with Crippen molar-refractivity contribution in [1.82, 2.24) is 5.32 Å². The molecule has 1 unspecified atom stereocenters. The predicted octanol–water partition coefficient (Wildman–Crippen LogP) is 1.95. The molecule has 1 atom stereocenters. The van der Waals surface area contributed by atoms with Crippen LogP contribution in [0.5, 0.6) is 0 Å². The summed E-state index contributed by atoms with van der Waals surface area (Å²) in [6.07, 6.45) is 0.664. The lowest BCUT2D eigenvalue weighted by Gasteiger charge is -2.22. The molecule has 0 aromatic heterocycles. The Bertz CT molecular complexity index is 384. The van der Waals surface area contributed by atoms with Gasteiger partial charge in [-0.05, 0) is 30.5 Å². The SMILES string of the molecule is Cc1ccc(C2CNCCC2=O)cc1C. The first-order chi connectivity index (χ1) is 7.18. The van der Waals surface area contributed by atoms with E-state index in [1.54, 1.807) is 0 Å². The van der Waals surface area contributed by atoms with Gasteiger partial charge in [-0.25, -0.2) is 0 Å². The Morgan fingerprint density at radius 2 is 2.07 bits per heavy atom. The van der Waals surface area contributed by atoms with Crippen LogP contribution in [-0.4, -0.2) is 18.9 Å². The highest BCUT2D eigenvalue weighted by molar-refractivity contribution is 5.87. The molecular weight excluding hydrogens is 186 g/mol. The first-order valence-corrected chi connectivity index (χ1v) is 5.49. The van der Waals surface area contributed by atoms with Gasteiger partial charge in [0.15, 0.2) is 0 Å². The lowest BCUT2D eigenvalue weighted by molar-refractivity contribution is -0.121. The molecule has 1 saturated heterocycles. The number of piperidine rings is 1. The van der Waals surface area contributed by atoms with Crippen LogP contribution in [0.3, 0.4) is 0 Å². The van der Waals surface area contributed by atoms with Gasteiger partial charge in [0.05, 0.1) is 5.92 Å². The van der Waals surface area contributed by atoms with Crippen molar-refractivity contribution in [3.8, 4) is 0 Å². The molecule has 2 heteroatoms. The number of rotatable bonds is 1. The summed E-state index contributed by atoms with van der Waals surface area (Å²) in [5.74, 6) is 0.440. The number of hydrogen-bond acceptors (Lipinski definition) is 2. The Morgan fingerprint density at radius 3 is 2.73 bits per heavy atom. The number of nitrogens with one attached hydrogen (secondary N) is 1. The maximum atomic E-state index is 11.8. The molecule has 15 heavy (non-hydrogen) atoms. The number of carbonyl (C=O) groups excluding carboxylic acids is 1. The van der Waals surface area contributed by atoms with Gasteiger partial charge in [0.25, 0.3) is 0 Å². The van der Waals surface area contributed by atoms with E-state index in [1.165, 1.54) is 11.1 Å². The number of benzene rings is 1. The van der Waals surface area contributed by atoms with E-state index >= 15 is 0 Å². The quantitative estimate of drug-likeness (QED) is 0.756. The standard InChI is InChI=1S/C13H17NO/c1-9-3-4-11(7-10(9)2)12-8-14-6-5-13(12)15/h3-4,7,12,14H,5-6,8H2,1-2H3. The van der Waals surface area contributed by atoms with Crippen LogP contribution in [-0.2, 0) is 4.79 Å². The lowest BCUT2D eigenvalue weighted by atomic mass is 9.89. The van der Waals surface area contributed by atoms with Crippen molar-refractivity contribution in [3.63, 3.8) is 0 Å². The first-order valence-electron chi connectivity index (χ1n) is 5.49. The molecule has 0 aliphatic carbocycles. The van der Waals surface area contributed by atoms with Gasteiger partial charge in [-0.2, -0.15) is 0 Å². The van der Waals surface area contributed by atoms with Crippen molar-refractivity contribution in [3.05, 3.63) is 34.9 Å². The third-order valence-electron chi connectivity index (χ3n) is 3.22. The highest BCUT2D eigenvalue weighted by atomic mass is 16.1. The molecule has 1 aliphatic rings. The van der Waals surface area contributed by atoms with Crippen LogP contribution >= 0.6 is 0 Å². The van der Waals surface area contributed by atoms with E-state index in [2.05, 4.69) is 37.4 Å². The summed E-state index contributed by atoms with van der Waals surface area (Å²) in [7, 11) is 0. The minimum Gasteiger partial charge on any atom is -0.315 e. The summed E-state index contributed by atoms with van der Waals surface area (Å²) < 4.78 is 0. The van der Waals surface area contributed by atoms with Gasteiger partial charge in [-0.3, -0.25) is 4.79 Å². The molecular formula is C13H17NO. The summed E-state index contributed by atoms with van der Waals surface area (Å²) in [6, 6.07) is 6.33. The normalized spacial score (nSPS) is 21.7. The molecule has 80 valence electrons. The Morgan fingerprint density at radius 1 is 1.27 bits per heavy atom. The molecule has 0 amide bonds. The third-order valence-corrected chi connectivity index (χ3v) is 3.22. The van der Waals surface area contributed by atoms with Crippen molar-refractivity contribution < 1.29 is 4.79 Å². The second-order valence-corrected chi connectivity index (χ2v) is 4.32. The number of carbonyl (C=O) groups is 1. The van der Waals surface area contributed by atoms with E-state index in [0.29, 0.717) is 12.2 Å². The molecule has 1 aromatic rings. The lowest BCUT2D eigenvalue weighted by Crippen LogP contribution is -2.35. The molecule has 1 aromatic carbocycles. The summed E-state index contributed by atoms with van der Waals surface area (Å²) in [5, 5.41) is 3.28. The van der Waals surface area contributed by atoms with Gasteiger partial charge < -0.3 is 5.32 Å². The van der Waals surface area contributed by atoms with Crippen LogP contribution in [0.25, 0.3) is 0 Å². The molecule has 0 radical (unpaired) electrons. The Labute approximate surface area is 90.7 Å². The van der Waals surface area contributed by atoms with E-state index in [1.807, 2.05) is 0 Å². The largest absolute Gasteiger partial charge is 0.315 e. The topological polar surface area (TPSA) is 29.1 Å². The van der Waals surface area contributed by atoms with Crippen molar-refractivity contribution in [2.24, 2.45) is 0 Å². The number of ketones is 1. The zero-order valence-corrected chi connectivity index (χ0v) is 9.34. The average molecular weight is 203 g/mol. The van der Waals surface area contributed by atoms with Gasteiger partial charge in [-0.1, -0.05) is 18.2 Å². The van der Waals surface area contributed by atoms with E-state index in [-0.39, 0.29) is 5.92 Å². The van der Waals surface area contributed by atoms with Crippen LogP contribution in [0.2, 0.25) is 0 Å². The molecule has 0 saturated carbocycles. The predicted molar refractivity (Wildman–Crippen MR) is 61.2 cm³/mol. The highest BCUT2D eigenvalue weighted by Gasteiger charge is 2.23. The molecule has 2 rings (SSSR count). The van der Waals surface area contributed by atoms with Gasteiger partial charge in [0, 0.05) is 19.5 Å². The maximum Gasteiger partial charge on any atom is 0.142 e. The summed E-state index contributed by atoms with van der Waals surface area (Å²) in [4.78, 5) is 11.8. The van der Waals surface area contributed by atoms with Crippen LogP contribution in [0.15, 0.2) is 18.2 Å². The number of hydrogen-bond donors (Lipinski definition) is 1. The second kappa shape index (κ2) is 4.15. The number of Topliss-reactive ketones (excluding diaryl/α,β-unsaturated/α-hetero) is 1. The third kappa shape index (κ3) is 2.10. The molecule has 1 fully saturated rings.